The van der Waals surface area contributed by atoms with Gasteiger partial charge >= 0.3 is 0 Å². The van der Waals surface area contributed by atoms with E-state index in [1.165, 1.54) is 12.8 Å². The van der Waals surface area contributed by atoms with Crippen LogP contribution in [0.1, 0.15) is 39.5 Å². The molecular formula is C11H22N2O. The molecule has 1 fully saturated rings. The van der Waals surface area contributed by atoms with Crippen LogP contribution in [0, 0.1) is 11.8 Å². The van der Waals surface area contributed by atoms with Gasteiger partial charge in [0.2, 0.25) is 5.91 Å². The summed E-state index contributed by atoms with van der Waals surface area (Å²) in [6.07, 6.45) is 4.20. The highest BCUT2D eigenvalue weighted by atomic mass is 16.1. The second-order valence-corrected chi connectivity index (χ2v) is 4.35. The zero-order chi connectivity index (χ0) is 10.6. The van der Waals surface area contributed by atoms with Crippen LogP contribution in [0.15, 0.2) is 0 Å². The first-order chi connectivity index (χ1) is 6.69. The average molecular weight is 198 g/mol. The van der Waals surface area contributed by atoms with Crippen molar-refractivity contribution >= 4 is 5.91 Å². The minimum atomic E-state index is 0.122. The number of carbonyl (C=O) groups is 1. The molecule has 1 aliphatic rings. The van der Waals surface area contributed by atoms with Crippen molar-refractivity contribution in [3.05, 3.63) is 0 Å². The summed E-state index contributed by atoms with van der Waals surface area (Å²) in [6.45, 7) is 4.83. The summed E-state index contributed by atoms with van der Waals surface area (Å²) in [6, 6.07) is 0.466. The summed E-state index contributed by atoms with van der Waals surface area (Å²) in [7, 11) is 0. The van der Waals surface area contributed by atoms with E-state index in [4.69, 9.17) is 5.73 Å². The minimum Gasteiger partial charge on any atom is -0.353 e. The molecule has 82 valence electrons. The van der Waals surface area contributed by atoms with E-state index in [0.29, 0.717) is 12.6 Å². The maximum atomic E-state index is 11.6. The van der Waals surface area contributed by atoms with Crippen LogP contribution in [0.25, 0.3) is 0 Å². The fourth-order valence-corrected chi connectivity index (χ4v) is 1.76. The Morgan fingerprint density at radius 1 is 1.64 bits per heavy atom. The van der Waals surface area contributed by atoms with Crippen LogP contribution in [0.4, 0.5) is 0 Å². The van der Waals surface area contributed by atoms with Crippen molar-refractivity contribution in [2.24, 2.45) is 17.6 Å². The van der Waals surface area contributed by atoms with Gasteiger partial charge in [-0.05, 0) is 31.7 Å². The first kappa shape index (κ1) is 11.5. The Morgan fingerprint density at radius 2 is 2.36 bits per heavy atom. The Hall–Kier alpha value is -0.570. The molecule has 3 heteroatoms. The van der Waals surface area contributed by atoms with Gasteiger partial charge in [-0.2, -0.15) is 0 Å². The first-order valence-electron chi connectivity index (χ1n) is 5.69. The molecule has 3 atom stereocenters. The molecule has 0 spiro atoms. The van der Waals surface area contributed by atoms with Gasteiger partial charge in [-0.3, -0.25) is 4.79 Å². The Bertz CT molecular complexity index is 194. The molecule has 0 saturated heterocycles. The van der Waals surface area contributed by atoms with E-state index in [-0.39, 0.29) is 11.8 Å². The van der Waals surface area contributed by atoms with E-state index in [9.17, 15) is 4.79 Å². The van der Waals surface area contributed by atoms with E-state index >= 15 is 0 Å². The van der Waals surface area contributed by atoms with E-state index in [1.807, 2.05) is 6.92 Å². The molecule has 0 radical (unpaired) electrons. The summed E-state index contributed by atoms with van der Waals surface area (Å²) in [5.74, 6) is 1.07. The standard InChI is InChI=1S/C11H22N2O/c1-3-9-7-10(9)13-11(14)8(2)5-4-6-12/h8-10H,3-7,12H2,1-2H3,(H,13,14). The predicted molar refractivity (Wildman–Crippen MR) is 57.8 cm³/mol. The van der Waals surface area contributed by atoms with Crippen LogP contribution in [-0.4, -0.2) is 18.5 Å². The third-order valence-electron chi connectivity index (χ3n) is 3.06. The summed E-state index contributed by atoms with van der Waals surface area (Å²) >= 11 is 0. The number of hydrogen-bond acceptors (Lipinski definition) is 2. The van der Waals surface area contributed by atoms with Crippen molar-refractivity contribution in [2.75, 3.05) is 6.54 Å². The van der Waals surface area contributed by atoms with Gasteiger partial charge in [-0.15, -0.1) is 0 Å². The molecule has 3 N–H and O–H groups in total. The van der Waals surface area contributed by atoms with E-state index in [0.717, 1.165) is 18.8 Å². The van der Waals surface area contributed by atoms with Gasteiger partial charge < -0.3 is 11.1 Å². The lowest BCUT2D eigenvalue weighted by Gasteiger charge is -2.11. The predicted octanol–water partition coefficient (Wildman–Crippen LogP) is 1.28. The van der Waals surface area contributed by atoms with Crippen LogP contribution in [0.2, 0.25) is 0 Å². The number of amides is 1. The number of hydrogen-bond donors (Lipinski definition) is 2. The monoisotopic (exact) mass is 198 g/mol. The fourth-order valence-electron chi connectivity index (χ4n) is 1.76. The lowest BCUT2D eigenvalue weighted by atomic mass is 10.0. The SMILES string of the molecule is CCC1CC1NC(=O)C(C)CCCN. The molecule has 3 nitrogen and oxygen atoms in total. The second-order valence-electron chi connectivity index (χ2n) is 4.35. The second kappa shape index (κ2) is 5.35. The summed E-state index contributed by atoms with van der Waals surface area (Å²) < 4.78 is 0. The number of carbonyl (C=O) groups excluding carboxylic acids is 1. The Labute approximate surface area is 86.4 Å². The molecular weight excluding hydrogens is 176 g/mol. The Morgan fingerprint density at radius 3 is 2.86 bits per heavy atom. The topological polar surface area (TPSA) is 55.1 Å². The van der Waals surface area contributed by atoms with Crippen molar-refractivity contribution in [3.63, 3.8) is 0 Å². The molecule has 0 bridgehead atoms. The molecule has 0 aromatic carbocycles. The lowest BCUT2D eigenvalue weighted by Crippen LogP contribution is -2.32. The maximum absolute atomic E-state index is 11.6. The number of nitrogens with one attached hydrogen (secondary N) is 1. The van der Waals surface area contributed by atoms with Crippen LogP contribution in [0.5, 0.6) is 0 Å². The largest absolute Gasteiger partial charge is 0.353 e. The molecule has 0 aliphatic heterocycles. The van der Waals surface area contributed by atoms with Crippen molar-refractivity contribution in [2.45, 2.75) is 45.6 Å². The third-order valence-corrected chi connectivity index (χ3v) is 3.06. The minimum absolute atomic E-state index is 0.122. The van der Waals surface area contributed by atoms with Crippen LogP contribution < -0.4 is 11.1 Å². The highest BCUT2D eigenvalue weighted by Crippen LogP contribution is 2.33. The molecule has 3 unspecified atom stereocenters. The smallest absolute Gasteiger partial charge is 0.223 e. The molecule has 0 heterocycles. The van der Waals surface area contributed by atoms with Gasteiger partial charge in [-0.25, -0.2) is 0 Å². The Kier molecular flexibility index (Phi) is 4.39. The van der Waals surface area contributed by atoms with Crippen molar-refractivity contribution in [3.8, 4) is 0 Å². The average Bonchev–Trinajstić information content (AvgIpc) is 2.92. The molecule has 1 rings (SSSR count). The van der Waals surface area contributed by atoms with E-state index in [1.54, 1.807) is 0 Å². The number of nitrogens with two attached hydrogens (primary N) is 1. The maximum Gasteiger partial charge on any atom is 0.223 e. The fraction of sp³-hybridized carbons (Fsp3) is 0.909. The van der Waals surface area contributed by atoms with Gasteiger partial charge in [0.25, 0.3) is 0 Å². The van der Waals surface area contributed by atoms with Gasteiger partial charge in [0.05, 0.1) is 0 Å². The van der Waals surface area contributed by atoms with Crippen molar-refractivity contribution < 1.29 is 4.79 Å². The Balaban J connectivity index is 2.15. The summed E-state index contributed by atoms with van der Waals surface area (Å²) in [5.41, 5.74) is 5.40. The van der Waals surface area contributed by atoms with Crippen LogP contribution in [-0.2, 0) is 4.79 Å². The molecule has 1 amide bonds. The van der Waals surface area contributed by atoms with E-state index in [2.05, 4.69) is 12.2 Å². The molecule has 1 aliphatic carbocycles. The van der Waals surface area contributed by atoms with Crippen molar-refractivity contribution in [1.82, 2.24) is 5.32 Å². The van der Waals surface area contributed by atoms with Gasteiger partial charge in [0, 0.05) is 12.0 Å². The van der Waals surface area contributed by atoms with Gasteiger partial charge in [-0.1, -0.05) is 20.3 Å². The normalized spacial score (nSPS) is 27.1. The number of rotatable bonds is 6. The molecule has 14 heavy (non-hydrogen) atoms. The lowest BCUT2D eigenvalue weighted by molar-refractivity contribution is -0.124. The van der Waals surface area contributed by atoms with Gasteiger partial charge in [0.1, 0.15) is 0 Å². The molecule has 1 saturated carbocycles. The van der Waals surface area contributed by atoms with E-state index < -0.39 is 0 Å². The summed E-state index contributed by atoms with van der Waals surface area (Å²) in [5, 5.41) is 3.08. The summed E-state index contributed by atoms with van der Waals surface area (Å²) in [4.78, 5) is 11.6. The zero-order valence-electron chi connectivity index (χ0n) is 9.25. The van der Waals surface area contributed by atoms with Crippen molar-refractivity contribution in [1.29, 1.82) is 0 Å². The molecule has 0 aromatic rings. The van der Waals surface area contributed by atoms with Gasteiger partial charge in [0.15, 0.2) is 0 Å². The quantitative estimate of drug-likeness (QED) is 0.675. The molecule has 0 aromatic heterocycles. The highest BCUT2D eigenvalue weighted by molar-refractivity contribution is 5.78. The zero-order valence-corrected chi connectivity index (χ0v) is 9.25. The third kappa shape index (κ3) is 3.29. The van der Waals surface area contributed by atoms with Crippen LogP contribution >= 0.6 is 0 Å². The van der Waals surface area contributed by atoms with Crippen LogP contribution in [0.3, 0.4) is 0 Å². The first-order valence-corrected chi connectivity index (χ1v) is 5.69. The highest BCUT2D eigenvalue weighted by Gasteiger charge is 2.36.